The minimum Gasteiger partial charge on any atom is -0.348 e. The average Bonchev–Trinajstić information content (AvgIpc) is 3.32. The topological polar surface area (TPSA) is 63.1 Å². The number of carbonyl (C=O) groups excluding carboxylic acids is 2. The van der Waals surface area contributed by atoms with E-state index in [1.165, 1.54) is 0 Å². The van der Waals surface area contributed by atoms with Crippen molar-refractivity contribution >= 4 is 51.6 Å². The van der Waals surface area contributed by atoms with Crippen molar-refractivity contribution < 1.29 is 9.59 Å². The van der Waals surface area contributed by atoms with Gasteiger partial charge in [-0.25, -0.2) is 0 Å². The van der Waals surface area contributed by atoms with Crippen molar-refractivity contribution in [1.29, 1.82) is 0 Å². The number of halogens is 2. The maximum atomic E-state index is 14.0. The number of benzene rings is 3. The molecule has 5 nitrogen and oxygen atoms in total. The van der Waals surface area contributed by atoms with Crippen molar-refractivity contribution in [1.82, 2.24) is 9.88 Å². The van der Waals surface area contributed by atoms with E-state index in [1.54, 1.807) is 12.1 Å². The van der Waals surface area contributed by atoms with Gasteiger partial charge in [-0.3, -0.25) is 9.59 Å². The predicted molar refractivity (Wildman–Crippen MR) is 139 cm³/mol. The van der Waals surface area contributed by atoms with Crippen LogP contribution in [0.5, 0.6) is 0 Å². The molecule has 1 aromatic heterocycles. The van der Waals surface area contributed by atoms with Gasteiger partial charge >= 0.3 is 0 Å². The molecule has 2 heterocycles. The fourth-order valence-electron chi connectivity index (χ4n) is 5.29. The summed E-state index contributed by atoms with van der Waals surface area (Å²) in [6, 6.07) is 22.8. The average molecular weight is 504 g/mol. The van der Waals surface area contributed by atoms with Crippen molar-refractivity contribution in [3.8, 4) is 0 Å². The van der Waals surface area contributed by atoms with Gasteiger partial charge < -0.3 is 15.2 Å². The first kappa shape index (κ1) is 22.2. The van der Waals surface area contributed by atoms with E-state index < -0.39 is 5.54 Å². The van der Waals surface area contributed by atoms with E-state index in [0.717, 1.165) is 41.3 Å². The Hall–Kier alpha value is -3.28. The summed E-state index contributed by atoms with van der Waals surface area (Å²) in [5.74, 6) is -0.389. The molecule has 3 aromatic carbocycles. The van der Waals surface area contributed by atoms with Crippen LogP contribution in [0.2, 0.25) is 10.0 Å². The van der Waals surface area contributed by atoms with Crippen LogP contribution < -0.4 is 10.6 Å². The Labute approximate surface area is 213 Å². The predicted octanol–water partition coefficient (Wildman–Crippen LogP) is 6.17. The lowest BCUT2D eigenvalue weighted by atomic mass is 9.83. The molecular weight excluding hydrogens is 481 g/mol. The summed E-state index contributed by atoms with van der Waals surface area (Å²) >= 11 is 12.6. The van der Waals surface area contributed by atoms with E-state index in [1.807, 2.05) is 65.2 Å². The van der Waals surface area contributed by atoms with Crippen LogP contribution in [0, 0.1) is 0 Å². The molecule has 2 amide bonds. The second kappa shape index (κ2) is 8.43. The summed E-state index contributed by atoms with van der Waals surface area (Å²) in [6.07, 6.45) is 3.38. The van der Waals surface area contributed by atoms with Crippen LogP contribution in [-0.4, -0.2) is 22.4 Å². The Kier molecular flexibility index (Phi) is 5.35. The van der Waals surface area contributed by atoms with E-state index >= 15 is 0 Å². The number of hydrogen-bond acceptors (Lipinski definition) is 2. The standard InChI is InChI=1S/C28H23Cl2N3O2/c29-19-7-3-5-17(13-19)16-28(22-12-11-20(30)15-23(22)32-27(28)35)33-24-10-2-1-6-18(24)14-25(33)26(34)31-21-8-4-9-21/h1-3,5-7,10-15,21H,4,8-9,16H2,(H,31,34)(H,32,35). The zero-order chi connectivity index (χ0) is 24.2. The largest absolute Gasteiger partial charge is 0.348 e. The minimum absolute atomic E-state index is 0.168. The van der Waals surface area contributed by atoms with E-state index in [4.69, 9.17) is 23.2 Å². The minimum atomic E-state index is -1.21. The summed E-state index contributed by atoms with van der Waals surface area (Å²) in [5.41, 5.74) is 2.36. The van der Waals surface area contributed by atoms with Gasteiger partial charge in [-0.05, 0) is 61.2 Å². The van der Waals surface area contributed by atoms with Crippen LogP contribution in [0.1, 0.15) is 40.9 Å². The molecule has 4 aromatic rings. The van der Waals surface area contributed by atoms with Crippen LogP contribution in [-0.2, 0) is 16.8 Å². The zero-order valence-electron chi connectivity index (χ0n) is 18.9. The highest BCUT2D eigenvalue weighted by Gasteiger charge is 2.50. The van der Waals surface area contributed by atoms with Gasteiger partial charge in [-0.15, -0.1) is 0 Å². The SMILES string of the molecule is O=C(NC1CCC1)c1cc2ccccc2n1C1(Cc2cccc(Cl)c2)C(=O)Nc2cc(Cl)ccc21. The molecule has 0 spiro atoms. The highest BCUT2D eigenvalue weighted by molar-refractivity contribution is 6.31. The molecule has 1 saturated carbocycles. The van der Waals surface area contributed by atoms with Crippen LogP contribution in [0.4, 0.5) is 5.69 Å². The molecule has 1 aliphatic carbocycles. The van der Waals surface area contributed by atoms with Crippen molar-refractivity contribution in [2.24, 2.45) is 0 Å². The number of aromatic nitrogens is 1. The third kappa shape index (κ3) is 3.62. The fourth-order valence-corrected chi connectivity index (χ4v) is 5.68. The normalized spacial score (nSPS) is 19.3. The molecule has 1 aliphatic heterocycles. The molecule has 176 valence electrons. The zero-order valence-corrected chi connectivity index (χ0v) is 20.4. The summed E-state index contributed by atoms with van der Waals surface area (Å²) < 4.78 is 1.91. The van der Waals surface area contributed by atoms with Gasteiger partial charge in [0.25, 0.3) is 11.8 Å². The lowest BCUT2D eigenvalue weighted by Gasteiger charge is -2.33. The van der Waals surface area contributed by atoms with Crippen LogP contribution in [0.25, 0.3) is 10.9 Å². The lowest BCUT2D eigenvalue weighted by Crippen LogP contribution is -2.47. The van der Waals surface area contributed by atoms with Crippen LogP contribution >= 0.6 is 23.2 Å². The number of nitrogens with zero attached hydrogens (tertiary/aromatic N) is 1. The van der Waals surface area contributed by atoms with Crippen LogP contribution in [0.15, 0.2) is 72.8 Å². The van der Waals surface area contributed by atoms with Crippen molar-refractivity contribution in [3.05, 3.63) is 99.7 Å². The lowest BCUT2D eigenvalue weighted by molar-refractivity contribution is -0.121. The number of carbonyl (C=O) groups is 2. The van der Waals surface area contributed by atoms with Crippen molar-refractivity contribution in [3.63, 3.8) is 0 Å². The quantitative estimate of drug-likeness (QED) is 0.342. The van der Waals surface area contributed by atoms with Gasteiger partial charge in [0.1, 0.15) is 5.69 Å². The Morgan fingerprint density at radius 3 is 2.57 bits per heavy atom. The maximum Gasteiger partial charge on any atom is 0.268 e. The third-order valence-corrected chi connectivity index (χ3v) is 7.64. The molecule has 35 heavy (non-hydrogen) atoms. The second-order valence-corrected chi connectivity index (χ2v) is 10.2. The van der Waals surface area contributed by atoms with Gasteiger partial charge in [0.15, 0.2) is 5.54 Å². The number of hydrogen-bond donors (Lipinski definition) is 2. The highest BCUT2D eigenvalue weighted by atomic mass is 35.5. The monoisotopic (exact) mass is 503 g/mol. The van der Waals surface area contributed by atoms with E-state index in [2.05, 4.69) is 10.6 Å². The van der Waals surface area contributed by atoms with E-state index in [0.29, 0.717) is 27.8 Å². The molecule has 1 atom stereocenters. The first-order valence-corrected chi connectivity index (χ1v) is 12.5. The number of anilines is 1. The number of fused-ring (bicyclic) bond motifs is 2. The first-order chi connectivity index (χ1) is 17.0. The molecule has 1 fully saturated rings. The number of para-hydroxylation sites is 1. The Morgan fingerprint density at radius 1 is 1.00 bits per heavy atom. The molecule has 0 saturated heterocycles. The van der Waals surface area contributed by atoms with Gasteiger partial charge in [0, 0.05) is 44.7 Å². The summed E-state index contributed by atoms with van der Waals surface area (Å²) in [6.45, 7) is 0. The molecule has 0 radical (unpaired) electrons. The van der Waals surface area contributed by atoms with Crippen molar-refractivity contribution in [2.75, 3.05) is 5.32 Å². The van der Waals surface area contributed by atoms with Crippen LogP contribution in [0.3, 0.4) is 0 Å². The Morgan fingerprint density at radius 2 is 1.80 bits per heavy atom. The summed E-state index contributed by atoms with van der Waals surface area (Å²) in [7, 11) is 0. The maximum absolute atomic E-state index is 14.0. The first-order valence-electron chi connectivity index (χ1n) is 11.7. The van der Waals surface area contributed by atoms with Crippen molar-refractivity contribution in [2.45, 2.75) is 37.3 Å². The second-order valence-electron chi connectivity index (χ2n) is 9.34. The molecule has 0 bridgehead atoms. The molecule has 2 N–H and O–H groups in total. The third-order valence-electron chi connectivity index (χ3n) is 7.17. The van der Waals surface area contributed by atoms with Gasteiger partial charge in [-0.1, -0.05) is 59.6 Å². The summed E-state index contributed by atoms with van der Waals surface area (Å²) in [4.78, 5) is 27.6. The molecule has 2 aliphatic rings. The molecule has 7 heteroatoms. The van der Waals surface area contributed by atoms with E-state index in [-0.39, 0.29) is 17.9 Å². The Bertz CT molecular complexity index is 1490. The van der Waals surface area contributed by atoms with Gasteiger partial charge in [-0.2, -0.15) is 0 Å². The van der Waals surface area contributed by atoms with Gasteiger partial charge in [0.05, 0.1) is 0 Å². The van der Waals surface area contributed by atoms with Gasteiger partial charge in [0.2, 0.25) is 0 Å². The highest BCUT2D eigenvalue weighted by Crippen LogP contribution is 2.45. The smallest absolute Gasteiger partial charge is 0.268 e. The number of nitrogens with one attached hydrogen (secondary N) is 2. The fraction of sp³-hybridized carbons (Fsp3) is 0.214. The summed E-state index contributed by atoms with van der Waals surface area (Å²) in [5, 5.41) is 8.22. The molecule has 1 unspecified atom stereocenters. The Balaban J connectivity index is 1.63. The number of rotatable bonds is 5. The van der Waals surface area contributed by atoms with E-state index in [9.17, 15) is 9.59 Å². The number of amides is 2. The molecular formula is C28H23Cl2N3O2. The molecule has 6 rings (SSSR count).